The first-order valence-corrected chi connectivity index (χ1v) is 3.41. The fourth-order valence-electron chi connectivity index (χ4n) is 0.698. The first-order valence-electron chi connectivity index (χ1n) is 3.41. The molecule has 0 rings (SSSR count). The van der Waals surface area contributed by atoms with Crippen LogP contribution in [0, 0.1) is 5.92 Å². The van der Waals surface area contributed by atoms with Gasteiger partial charge in [-0.2, -0.15) is 5.48 Å². The first kappa shape index (κ1) is 9.84. The Hall–Kier alpha value is -0.160. The van der Waals surface area contributed by atoms with E-state index in [1.165, 1.54) is 0 Å². The van der Waals surface area contributed by atoms with Gasteiger partial charge in [0.05, 0.1) is 0 Å². The standard InChI is InChI=1S/C6H15NO3/c1-5(3-2-4-8)6(9)7-10/h5-10H,2-4H2,1H3. The smallest absolute Gasteiger partial charge is 0.129 e. The predicted molar refractivity (Wildman–Crippen MR) is 36.4 cm³/mol. The van der Waals surface area contributed by atoms with Crippen molar-refractivity contribution in [2.45, 2.75) is 26.0 Å². The zero-order chi connectivity index (χ0) is 7.98. The molecule has 0 aromatic carbocycles. The highest BCUT2D eigenvalue weighted by Crippen LogP contribution is 2.07. The third-order valence-corrected chi connectivity index (χ3v) is 1.49. The molecule has 0 aliphatic rings. The second-order valence-corrected chi connectivity index (χ2v) is 2.42. The molecule has 0 radical (unpaired) electrons. The van der Waals surface area contributed by atoms with Crippen molar-refractivity contribution in [3.8, 4) is 0 Å². The molecule has 0 heterocycles. The van der Waals surface area contributed by atoms with Crippen molar-refractivity contribution in [1.29, 1.82) is 0 Å². The molecule has 0 saturated heterocycles. The molecule has 2 unspecified atom stereocenters. The van der Waals surface area contributed by atoms with Gasteiger partial charge in [0.1, 0.15) is 6.23 Å². The van der Waals surface area contributed by atoms with E-state index in [2.05, 4.69) is 0 Å². The summed E-state index contributed by atoms with van der Waals surface area (Å²) in [6.45, 7) is 1.92. The van der Waals surface area contributed by atoms with Gasteiger partial charge < -0.3 is 15.4 Å². The molecular weight excluding hydrogens is 134 g/mol. The number of nitrogens with one attached hydrogen (secondary N) is 1. The van der Waals surface area contributed by atoms with Gasteiger partial charge in [-0.25, -0.2) is 0 Å². The SMILES string of the molecule is CC(CCCO)C(O)NO. The molecule has 0 aromatic rings. The fraction of sp³-hybridized carbons (Fsp3) is 1.00. The second kappa shape index (κ2) is 5.61. The van der Waals surface area contributed by atoms with Gasteiger partial charge in [0, 0.05) is 6.61 Å². The Morgan fingerprint density at radius 3 is 2.50 bits per heavy atom. The van der Waals surface area contributed by atoms with Crippen molar-refractivity contribution in [2.75, 3.05) is 6.61 Å². The number of aliphatic hydroxyl groups is 2. The summed E-state index contributed by atoms with van der Waals surface area (Å²) in [6, 6.07) is 0. The van der Waals surface area contributed by atoms with E-state index in [4.69, 9.17) is 15.4 Å². The summed E-state index contributed by atoms with van der Waals surface area (Å²) >= 11 is 0. The molecule has 4 heteroatoms. The van der Waals surface area contributed by atoms with Crippen LogP contribution >= 0.6 is 0 Å². The molecule has 0 bridgehead atoms. The largest absolute Gasteiger partial charge is 0.396 e. The van der Waals surface area contributed by atoms with Gasteiger partial charge in [0.2, 0.25) is 0 Å². The van der Waals surface area contributed by atoms with Crippen LogP contribution < -0.4 is 5.48 Å². The highest BCUT2D eigenvalue weighted by atomic mass is 16.5. The summed E-state index contributed by atoms with van der Waals surface area (Å²) in [5.74, 6) is -0.0304. The van der Waals surface area contributed by atoms with E-state index >= 15 is 0 Å². The van der Waals surface area contributed by atoms with Gasteiger partial charge in [-0.3, -0.25) is 0 Å². The van der Waals surface area contributed by atoms with Crippen LogP contribution in [0.1, 0.15) is 19.8 Å². The highest BCUT2D eigenvalue weighted by molar-refractivity contribution is 4.57. The minimum atomic E-state index is -0.883. The summed E-state index contributed by atoms with van der Waals surface area (Å²) in [4.78, 5) is 0. The zero-order valence-electron chi connectivity index (χ0n) is 6.12. The Kier molecular flexibility index (Phi) is 5.52. The molecule has 0 saturated carbocycles. The molecule has 0 aromatic heterocycles. The Morgan fingerprint density at radius 1 is 1.50 bits per heavy atom. The van der Waals surface area contributed by atoms with E-state index in [1.54, 1.807) is 12.4 Å². The molecule has 0 aliphatic heterocycles. The molecule has 62 valence electrons. The Labute approximate surface area is 60.5 Å². The first-order chi connectivity index (χ1) is 4.72. The van der Waals surface area contributed by atoms with Gasteiger partial charge in [0.15, 0.2) is 0 Å². The average Bonchev–Trinajstić information content (AvgIpc) is 1.98. The van der Waals surface area contributed by atoms with Crippen LogP contribution in [0.5, 0.6) is 0 Å². The van der Waals surface area contributed by atoms with E-state index in [-0.39, 0.29) is 12.5 Å². The van der Waals surface area contributed by atoms with Crippen molar-refractivity contribution in [3.05, 3.63) is 0 Å². The van der Waals surface area contributed by atoms with Crippen molar-refractivity contribution in [1.82, 2.24) is 5.48 Å². The maximum atomic E-state index is 8.91. The number of rotatable bonds is 5. The Bertz CT molecular complexity index is 79.4. The van der Waals surface area contributed by atoms with Crippen molar-refractivity contribution in [3.63, 3.8) is 0 Å². The van der Waals surface area contributed by atoms with Gasteiger partial charge >= 0.3 is 0 Å². The number of aliphatic hydroxyl groups excluding tert-OH is 2. The van der Waals surface area contributed by atoms with Crippen LogP contribution in [0.2, 0.25) is 0 Å². The van der Waals surface area contributed by atoms with Gasteiger partial charge in [-0.15, -0.1) is 0 Å². The van der Waals surface area contributed by atoms with E-state index in [9.17, 15) is 0 Å². The van der Waals surface area contributed by atoms with Crippen molar-refractivity contribution in [2.24, 2.45) is 5.92 Å². The average molecular weight is 149 g/mol. The van der Waals surface area contributed by atoms with Crippen LogP contribution in [-0.4, -0.2) is 28.3 Å². The van der Waals surface area contributed by atoms with Crippen molar-refractivity contribution >= 4 is 0 Å². The lowest BCUT2D eigenvalue weighted by atomic mass is 10.0. The third kappa shape index (κ3) is 3.79. The normalized spacial score (nSPS) is 16.8. The highest BCUT2D eigenvalue weighted by Gasteiger charge is 2.11. The lowest BCUT2D eigenvalue weighted by Crippen LogP contribution is -2.32. The van der Waals surface area contributed by atoms with Gasteiger partial charge in [0.25, 0.3) is 0 Å². The van der Waals surface area contributed by atoms with E-state index in [0.717, 1.165) is 0 Å². The summed E-state index contributed by atoms with van der Waals surface area (Å²) < 4.78 is 0. The maximum absolute atomic E-state index is 8.91. The minimum Gasteiger partial charge on any atom is -0.396 e. The minimum absolute atomic E-state index is 0.0304. The van der Waals surface area contributed by atoms with Crippen LogP contribution in [0.3, 0.4) is 0 Å². The molecule has 0 fully saturated rings. The quantitative estimate of drug-likeness (QED) is 0.319. The second-order valence-electron chi connectivity index (χ2n) is 2.42. The number of hydrogen-bond donors (Lipinski definition) is 4. The predicted octanol–water partition coefficient (Wildman–Crippen LogP) is -0.308. The van der Waals surface area contributed by atoms with Crippen LogP contribution in [-0.2, 0) is 0 Å². The van der Waals surface area contributed by atoms with Gasteiger partial charge in [-0.05, 0) is 18.8 Å². The lowest BCUT2D eigenvalue weighted by Gasteiger charge is -2.15. The maximum Gasteiger partial charge on any atom is 0.129 e. The van der Waals surface area contributed by atoms with E-state index < -0.39 is 6.23 Å². The molecular formula is C6H15NO3. The summed E-state index contributed by atoms with van der Waals surface area (Å²) in [5.41, 5.74) is 1.75. The Balaban J connectivity index is 3.31. The van der Waals surface area contributed by atoms with E-state index in [0.29, 0.717) is 12.8 Å². The number of hydrogen-bond acceptors (Lipinski definition) is 4. The van der Waals surface area contributed by atoms with E-state index in [1.807, 2.05) is 0 Å². The van der Waals surface area contributed by atoms with Crippen LogP contribution in [0.25, 0.3) is 0 Å². The monoisotopic (exact) mass is 149 g/mol. The third-order valence-electron chi connectivity index (χ3n) is 1.49. The van der Waals surface area contributed by atoms with Crippen LogP contribution in [0.15, 0.2) is 0 Å². The summed E-state index contributed by atoms with van der Waals surface area (Å²) in [7, 11) is 0. The molecule has 4 N–H and O–H groups in total. The topological polar surface area (TPSA) is 72.7 Å². The fourth-order valence-corrected chi connectivity index (χ4v) is 0.698. The van der Waals surface area contributed by atoms with Gasteiger partial charge in [-0.1, -0.05) is 6.92 Å². The molecule has 4 nitrogen and oxygen atoms in total. The lowest BCUT2D eigenvalue weighted by molar-refractivity contribution is -0.0324. The van der Waals surface area contributed by atoms with Crippen LogP contribution in [0.4, 0.5) is 0 Å². The Morgan fingerprint density at radius 2 is 2.10 bits per heavy atom. The summed E-state index contributed by atoms with van der Waals surface area (Å²) in [6.07, 6.45) is 0.469. The summed E-state index contributed by atoms with van der Waals surface area (Å²) in [5, 5.41) is 25.6. The number of hydroxylamine groups is 1. The molecule has 0 spiro atoms. The molecule has 0 aliphatic carbocycles. The molecule has 10 heavy (non-hydrogen) atoms. The molecule has 2 atom stereocenters. The van der Waals surface area contributed by atoms with Crippen molar-refractivity contribution < 1.29 is 15.4 Å². The molecule has 0 amide bonds. The zero-order valence-corrected chi connectivity index (χ0v) is 6.12.